The maximum absolute atomic E-state index is 15.4. The minimum Gasteiger partial charge on any atom is -0.447 e. The molecule has 1 saturated carbocycles. The Bertz CT molecular complexity index is 2190. The van der Waals surface area contributed by atoms with Crippen molar-refractivity contribution in [3.63, 3.8) is 0 Å². The smallest absolute Gasteiger partial charge is 0.411 e. The normalized spacial score (nSPS) is 19.5. The Kier molecular flexibility index (Phi) is 9.99. The second-order valence-electron chi connectivity index (χ2n) is 14.7. The van der Waals surface area contributed by atoms with Gasteiger partial charge in [0.15, 0.2) is 11.4 Å². The van der Waals surface area contributed by atoms with Crippen LogP contribution in [0.1, 0.15) is 70.5 Å². The highest BCUT2D eigenvalue weighted by Crippen LogP contribution is 2.49. The van der Waals surface area contributed by atoms with Gasteiger partial charge in [-0.15, -0.1) is 0 Å². The summed E-state index contributed by atoms with van der Waals surface area (Å²) in [6, 6.07) is 9.18. The van der Waals surface area contributed by atoms with E-state index in [-0.39, 0.29) is 11.1 Å². The van der Waals surface area contributed by atoms with Crippen molar-refractivity contribution in [3.8, 4) is 16.8 Å². The molecule has 12 nitrogen and oxygen atoms in total. The number of alkyl carbamates (subject to hydrolysis) is 1. The SMILES string of the molecule is CC(C)(C)/C=C/[C@]1(c2ccc(-c3cnn(C(F)F)c3)cc2)N=C(N)N([C@](C)(COC(=O)NC2(C(F)(F)F)CC2)c2ccc(F)c(-n3ncnc3C(F)F)c2)C1=O. The number of halogens is 8. The number of aliphatic imine (C=N–C) groups is 1. The van der Waals surface area contributed by atoms with E-state index >= 15 is 9.18 Å². The number of ether oxygens (including phenoxy) is 1. The number of amides is 2. The van der Waals surface area contributed by atoms with Crippen molar-refractivity contribution in [2.75, 3.05) is 6.61 Å². The minimum absolute atomic E-state index is 0.0807. The first-order chi connectivity index (χ1) is 26.1. The molecular formula is C36H35F8N9O3. The van der Waals surface area contributed by atoms with E-state index in [9.17, 15) is 35.5 Å². The number of benzene rings is 2. The van der Waals surface area contributed by atoms with Gasteiger partial charge in [0.2, 0.25) is 5.96 Å². The molecule has 0 unspecified atom stereocenters. The van der Waals surface area contributed by atoms with Crippen LogP contribution in [0.4, 0.5) is 39.9 Å². The van der Waals surface area contributed by atoms with E-state index in [4.69, 9.17) is 10.5 Å². The molecule has 298 valence electrons. The Morgan fingerprint density at radius 3 is 2.27 bits per heavy atom. The van der Waals surface area contributed by atoms with E-state index in [0.717, 1.165) is 35.6 Å². The molecule has 0 spiro atoms. The molecule has 0 bridgehead atoms. The zero-order chi connectivity index (χ0) is 41.0. The molecule has 1 aliphatic heterocycles. The van der Waals surface area contributed by atoms with Gasteiger partial charge in [-0.05, 0) is 60.1 Å². The molecule has 1 aliphatic carbocycles. The lowest BCUT2D eigenvalue weighted by Crippen LogP contribution is -2.56. The lowest BCUT2D eigenvalue weighted by molar-refractivity contribution is -0.164. The number of aromatic nitrogens is 5. The average molecular weight is 794 g/mol. The number of rotatable bonds is 11. The number of nitrogens with two attached hydrogens (primary N) is 1. The van der Waals surface area contributed by atoms with Gasteiger partial charge in [0.25, 0.3) is 12.3 Å². The summed E-state index contributed by atoms with van der Waals surface area (Å²) in [4.78, 5) is 37.0. The predicted molar refractivity (Wildman–Crippen MR) is 184 cm³/mol. The van der Waals surface area contributed by atoms with Crippen molar-refractivity contribution in [2.24, 2.45) is 16.1 Å². The molecule has 56 heavy (non-hydrogen) atoms. The summed E-state index contributed by atoms with van der Waals surface area (Å²) in [6.45, 7) is 3.06. The molecule has 1 fully saturated rings. The Balaban J connectivity index is 1.45. The molecule has 2 aliphatic rings. The van der Waals surface area contributed by atoms with Crippen molar-refractivity contribution in [1.29, 1.82) is 0 Å². The van der Waals surface area contributed by atoms with Gasteiger partial charge in [-0.1, -0.05) is 57.2 Å². The van der Waals surface area contributed by atoms with E-state index in [1.807, 2.05) is 26.1 Å². The van der Waals surface area contributed by atoms with Gasteiger partial charge >= 0.3 is 18.8 Å². The van der Waals surface area contributed by atoms with E-state index in [2.05, 4.69) is 20.2 Å². The largest absolute Gasteiger partial charge is 0.447 e. The van der Waals surface area contributed by atoms with Gasteiger partial charge < -0.3 is 15.8 Å². The first kappa shape index (κ1) is 39.9. The topological polar surface area (TPSA) is 146 Å². The molecule has 2 atom stereocenters. The minimum atomic E-state index is -4.79. The highest BCUT2D eigenvalue weighted by Gasteiger charge is 2.65. The molecular weight excluding hydrogens is 758 g/mol. The number of hydrogen-bond acceptors (Lipinski definition) is 8. The number of nitrogens with one attached hydrogen (secondary N) is 1. The van der Waals surface area contributed by atoms with Gasteiger partial charge in [-0.2, -0.15) is 32.1 Å². The predicted octanol–water partition coefficient (Wildman–Crippen LogP) is 7.29. The highest BCUT2D eigenvalue weighted by atomic mass is 19.4. The van der Waals surface area contributed by atoms with Crippen LogP contribution in [0, 0.1) is 11.2 Å². The number of alkyl halides is 7. The van der Waals surface area contributed by atoms with Crippen molar-refractivity contribution in [1.82, 2.24) is 34.8 Å². The maximum atomic E-state index is 15.4. The van der Waals surface area contributed by atoms with Crippen LogP contribution in [-0.2, 0) is 20.6 Å². The lowest BCUT2D eigenvalue weighted by atomic mass is 9.83. The Morgan fingerprint density at radius 1 is 1.02 bits per heavy atom. The Labute approximate surface area is 314 Å². The third-order valence-corrected chi connectivity index (χ3v) is 9.51. The summed E-state index contributed by atoms with van der Waals surface area (Å²) < 4.78 is 117. The van der Waals surface area contributed by atoms with Crippen molar-refractivity contribution >= 4 is 18.0 Å². The standard InChI is InChI=1S/C36H35F8N9O3/c1-32(2,3)11-14-35(22-7-5-20(6-8-22)21-16-47-51(17-21)29(40)41)28(54)52(30(45)49-35)33(4,18-56-31(55)50-34(12-13-34)36(42,43)44)23-9-10-24(37)25(15-23)53-27(26(38)39)46-19-48-53/h5-11,14-17,19,26,29H,12-13,18H2,1-4H3,(H2,45,49)(H,50,55)/b14-11+/t33-,35-/m1/s1. The third-order valence-electron chi connectivity index (χ3n) is 9.51. The number of nitrogens with zero attached hydrogens (tertiary/aromatic N) is 7. The van der Waals surface area contributed by atoms with Gasteiger partial charge in [-0.3, -0.25) is 9.69 Å². The number of carbonyl (C=O) groups is 2. The fourth-order valence-corrected chi connectivity index (χ4v) is 6.22. The molecule has 2 aromatic carbocycles. The zero-order valence-corrected chi connectivity index (χ0v) is 30.2. The van der Waals surface area contributed by atoms with Crippen LogP contribution in [0.5, 0.6) is 0 Å². The molecule has 2 amide bonds. The summed E-state index contributed by atoms with van der Waals surface area (Å²) in [5.41, 5.74) is -0.0451. The fraction of sp³-hybridized carbons (Fsp3) is 0.389. The van der Waals surface area contributed by atoms with E-state index in [1.165, 1.54) is 31.3 Å². The molecule has 0 saturated heterocycles. The summed E-state index contributed by atoms with van der Waals surface area (Å²) in [5.74, 6) is -3.28. The number of hydrogen-bond donors (Lipinski definition) is 2. The molecule has 2 aromatic heterocycles. The molecule has 4 aromatic rings. The Morgan fingerprint density at radius 2 is 1.70 bits per heavy atom. The molecule has 3 heterocycles. The van der Waals surface area contributed by atoms with Gasteiger partial charge in [-0.25, -0.2) is 37.3 Å². The summed E-state index contributed by atoms with van der Waals surface area (Å²) >= 11 is 0. The summed E-state index contributed by atoms with van der Waals surface area (Å²) in [5, 5.41) is 9.20. The van der Waals surface area contributed by atoms with Crippen molar-refractivity contribution < 1.29 is 49.4 Å². The lowest BCUT2D eigenvalue weighted by Gasteiger charge is -2.39. The summed E-state index contributed by atoms with van der Waals surface area (Å²) in [7, 11) is 0. The first-order valence-corrected chi connectivity index (χ1v) is 16.9. The van der Waals surface area contributed by atoms with Crippen LogP contribution in [-0.4, -0.2) is 65.7 Å². The van der Waals surface area contributed by atoms with Gasteiger partial charge in [0.1, 0.15) is 35.5 Å². The summed E-state index contributed by atoms with van der Waals surface area (Å²) in [6.07, 6.45) is -3.94. The molecule has 0 radical (unpaired) electrons. The zero-order valence-electron chi connectivity index (χ0n) is 30.2. The van der Waals surface area contributed by atoms with Gasteiger partial charge in [0, 0.05) is 11.8 Å². The van der Waals surface area contributed by atoms with Gasteiger partial charge in [0.05, 0.1) is 6.20 Å². The molecule has 20 heteroatoms. The third kappa shape index (κ3) is 7.30. The molecule has 6 rings (SSSR count). The average Bonchev–Trinajstić information content (AvgIpc) is 3.42. The number of guanidine groups is 1. The molecule has 3 N–H and O–H groups in total. The number of carbonyl (C=O) groups excluding carboxylic acids is 2. The Hall–Kier alpha value is -5.82. The van der Waals surface area contributed by atoms with E-state index in [1.54, 1.807) is 18.2 Å². The van der Waals surface area contributed by atoms with Crippen molar-refractivity contribution in [2.45, 2.75) is 76.3 Å². The van der Waals surface area contributed by atoms with Crippen LogP contribution >= 0.6 is 0 Å². The first-order valence-electron chi connectivity index (χ1n) is 16.9. The highest BCUT2D eigenvalue weighted by molar-refractivity contribution is 6.09. The van der Waals surface area contributed by atoms with Crippen LogP contribution in [0.15, 0.2) is 78.3 Å². The fourth-order valence-electron chi connectivity index (χ4n) is 6.22. The maximum Gasteiger partial charge on any atom is 0.411 e. The van der Waals surface area contributed by atoms with Crippen LogP contribution in [0.25, 0.3) is 16.8 Å². The second-order valence-corrected chi connectivity index (χ2v) is 14.7. The second kappa shape index (κ2) is 14.0. The van der Waals surface area contributed by atoms with E-state index < -0.39 is 95.9 Å². The number of allylic oxidation sites excluding steroid dienone is 1. The van der Waals surface area contributed by atoms with Crippen LogP contribution in [0.3, 0.4) is 0 Å². The van der Waals surface area contributed by atoms with E-state index in [0.29, 0.717) is 20.5 Å². The monoisotopic (exact) mass is 793 g/mol. The van der Waals surface area contributed by atoms with Crippen LogP contribution < -0.4 is 11.1 Å². The van der Waals surface area contributed by atoms with Crippen molar-refractivity contribution in [3.05, 3.63) is 96.1 Å². The quantitative estimate of drug-likeness (QED) is 0.120. The van der Waals surface area contributed by atoms with Crippen LogP contribution in [0.2, 0.25) is 0 Å².